The van der Waals surface area contributed by atoms with Gasteiger partial charge in [-0.2, -0.15) is 0 Å². The number of carbonyl (C=O) groups is 1. The second-order valence-corrected chi connectivity index (χ2v) is 5.82. The molecule has 0 atom stereocenters. The molecule has 0 radical (unpaired) electrons. The van der Waals surface area contributed by atoms with E-state index in [1.54, 1.807) is 16.8 Å². The molecule has 0 bridgehead atoms. The van der Waals surface area contributed by atoms with Gasteiger partial charge in [0.25, 0.3) is 11.5 Å². The Morgan fingerprint density at radius 1 is 1.00 bits per heavy atom. The number of hydrogen-bond donors (Lipinski definition) is 1. The lowest BCUT2D eigenvalue weighted by molar-refractivity contribution is 0.102. The van der Waals surface area contributed by atoms with E-state index in [9.17, 15) is 9.59 Å². The lowest BCUT2D eigenvalue weighted by atomic mass is 10.2. The summed E-state index contributed by atoms with van der Waals surface area (Å²) in [6, 6.07) is 12.3. The monoisotopic (exact) mass is 311 g/mol. The molecule has 0 saturated carbocycles. The SMILES string of the molecule is O=C(Nc1ccccc1)c1ccc(=O)n(CCN2CCCC2)c1. The molecule has 5 heteroatoms. The molecule has 1 aliphatic rings. The smallest absolute Gasteiger partial charge is 0.257 e. The number of benzene rings is 1. The maximum Gasteiger partial charge on any atom is 0.257 e. The third-order valence-electron chi connectivity index (χ3n) is 4.13. The van der Waals surface area contributed by atoms with Gasteiger partial charge in [-0.05, 0) is 44.1 Å². The predicted octanol–water partition coefficient (Wildman–Crippen LogP) is 2.20. The lowest BCUT2D eigenvalue weighted by Gasteiger charge is -2.15. The first-order valence-electron chi connectivity index (χ1n) is 8.02. The van der Waals surface area contributed by atoms with Gasteiger partial charge in [-0.3, -0.25) is 9.59 Å². The maximum absolute atomic E-state index is 12.3. The highest BCUT2D eigenvalue weighted by Gasteiger charge is 2.12. The number of pyridine rings is 1. The van der Waals surface area contributed by atoms with Gasteiger partial charge in [-0.25, -0.2) is 0 Å². The number of nitrogens with zero attached hydrogens (tertiary/aromatic N) is 2. The van der Waals surface area contributed by atoms with Crippen LogP contribution in [0, 0.1) is 0 Å². The second-order valence-electron chi connectivity index (χ2n) is 5.82. The molecule has 2 aromatic rings. The molecule has 0 spiro atoms. The zero-order valence-corrected chi connectivity index (χ0v) is 13.1. The van der Waals surface area contributed by atoms with Crippen LogP contribution in [0.5, 0.6) is 0 Å². The van der Waals surface area contributed by atoms with E-state index in [0.29, 0.717) is 12.1 Å². The third-order valence-corrected chi connectivity index (χ3v) is 4.13. The van der Waals surface area contributed by atoms with Crippen molar-refractivity contribution >= 4 is 11.6 Å². The number of aromatic nitrogens is 1. The van der Waals surface area contributed by atoms with Crippen molar-refractivity contribution in [3.8, 4) is 0 Å². The van der Waals surface area contributed by atoms with Gasteiger partial charge in [0.15, 0.2) is 0 Å². The van der Waals surface area contributed by atoms with Gasteiger partial charge < -0.3 is 14.8 Å². The number of carbonyl (C=O) groups excluding carboxylic acids is 1. The van der Waals surface area contributed by atoms with Crippen LogP contribution in [-0.2, 0) is 6.54 Å². The molecule has 1 fully saturated rings. The van der Waals surface area contributed by atoms with Crippen LogP contribution in [0.3, 0.4) is 0 Å². The van der Waals surface area contributed by atoms with Crippen molar-refractivity contribution in [1.82, 2.24) is 9.47 Å². The highest BCUT2D eigenvalue weighted by molar-refractivity contribution is 6.04. The summed E-state index contributed by atoms with van der Waals surface area (Å²) in [5.74, 6) is -0.203. The Labute approximate surface area is 135 Å². The van der Waals surface area contributed by atoms with Gasteiger partial charge in [0.1, 0.15) is 0 Å². The number of para-hydroxylation sites is 1. The molecule has 23 heavy (non-hydrogen) atoms. The summed E-state index contributed by atoms with van der Waals surface area (Å²) in [4.78, 5) is 26.6. The van der Waals surface area contributed by atoms with Crippen molar-refractivity contribution in [3.05, 3.63) is 64.6 Å². The summed E-state index contributed by atoms with van der Waals surface area (Å²) in [5, 5.41) is 2.84. The number of anilines is 1. The van der Waals surface area contributed by atoms with Gasteiger partial charge >= 0.3 is 0 Å². The minimum atomic E-state index is -0.203. The Morgan fingerprint density at radius 2 is 1.74 bits per heavy atom. The van der Waals surface area contributed by atoms with Crippen LogP contribution in [0.25, 0.3) is 0 Å². The summed E-state index contributed by atoms with van der Waals surface area (Å²) < 4.78 is 1.62. The van der Waals surface area contributed by atoms with E-state index >= 15 is 0 Å². The van der Waals surface area contributed by atoms with E-state index in [-0.39, 0.29) is 11.5 Å². The molecule has 120 valence electrons. The summed E-state index contributed by atoms with van der Waals surface area (Å²) in [7, 11) is 0. The van der Waals surface area contributed by atoms with E-state index in [0.717, 1.165) is 25.3 Å². The largest absolute Gasteiger partial charge is 0.322 e. The van der Waals surface area contributed by atoms with Gasteiger partial charge in [0.2, 0.25) is 0 Å². The minimum Gasteiger partial charge on any atom is -0.322 e. The lowest BCUT2D eigenvalue weighted by Crippen LogP contribution is -2.29. The molecule has 0 aliphatic carbocycles. The molecule has 1 aromatic heterocycles. The Balaban J connectivity index is 1.68. The molecule has 1 aliphatic heterocycles. The van der Waals surface area contributed by atoms with Gasteiger partial charge in [0, 0.05) is 31.0 Å². The summed E-state index contributed by atoms with van der Waals surface area (Å²) >= 11 is 0. The molecule has 1 N–H and O–H groups in total. The summed E-state index contributed by atoms with van der Waals surface area (Å²) in [6.07, 6.45) is 4.11. The van der Waals surface area contributed by atoms with Crippen molar-refractivity contribution in [2.75, 3.05) is 25.0 Å². The molecular weight excluding hydrogens is 290 g/mol. The Hall–Kier alpha value is -2.40. The number of rotatable bonds is 5. The predicted molar refractivity (Wildman–Crippen MR) is 90.8 cm³/mol. The van der Waals surface area contributed by atoms with Crippen LogP contribution in [0.4, 0.5) is 5.69 Å². The first-order valence-corrected chi connectivity index (χ1v) is 8.02. The van der Waals surface area contributed by atoms with E-state index < -0.39 is 0 Å². The van der Waals surface area contributed by atoms with Crippen molar-refractivity contribution in [2.24, 2.45) is 0 Å². The first-order chi connectivity index (χ1) is 11.2. The second kappa shape index (κ2) is 7.24. The number of likely N-dealkylation sites (tertiary alicyclic amines) is 1. The van der Waals surface area contributed by atoms with Crippen LogP contribution in [0.1, 0.15) is 23.2 Å². The number of nitrogens with one attached hydrogen (secondary N) is 1. The molecule has 1 aromatic carbocycles. The molecule has 3 rings (SSSR count). The van der Waals surface area contributed by atoms with Crippen LogP contribution < -0.4 is 10.9 Å². The molecule has 0 unspecified atom stereocenters. The standard InChI is InChI=1S/C18H21N3O2/c22-17-9-8-15(18(23)19-16-6-2-1-3-7-16)14-21(17)13-12-20-10-4-5-11-20/h1-3,6-9,14H,4-5,10-13H2,(H,19,23). The highest BCUT2D eigenvalue weighted by Crippen LogP contribution is 2.09. The molecular formula is C18H21N3O2. The third kappa shape index (κ3) is 4.07. The Bertz CT molecular complexity index is 719. The van der Waals surface area contributed by atoms with Crippen LogP contribution in [0.15, 0.2) is 53.5 Å². The van der Waals surface area contributed by atoms with Gasteiger partial charge in [0.05, 0.1) is 5.56 Å². The van der Waals surface area contributed by atoms with E-state index in [1.807, 2.05) is 30.3 Å². The average molecular weight is 311 g/mol. The van der Waals surface area contributed by atoms with E-state index in [4.69, 9.17) is 0 Å². The van der Waals surface area contributed by atoms with Crippen molar-refractivity contribution in [3.63, 3.8) is 0 Å². The van der Waals surface area contributed by atoms with Crippen molar-refractivity contribution in [1.29, 1.82) is 0 Å². The summed E-state index contributed by atoms with van der Waals surface area (Å²) in [6.45, 7) is 3.67. The Morgan fingerprint density at radius 3 is 2.48 bits per heavy atom. The van der Waals surface area contributed by atoms with Gasteiger partial charge in [-0.1, -0.05) is 18.2 Å². The van der Waals surface area contributed by atoms with E-state index in [1.165, 1.54) is 18.9 Å². The first kappa shape index (κ1) is 15.5. The normalized spacial score (nSPS) is 14.8. The van der Waals surface area contributed by atoms with Crippen LogP contribution >= 0.6 is 0 Å². The maximum atomic E-state index is 12.3. The van der Waals surface area contributed by atoms with Crippen LogP contribution in [0.2, 0.25) is 0 Å². The fraction of sp³-hybridized carbons (Fsp3) is 0.333. The molecule has 1 amide bonds. The topological polar surface area (TPSA) is 54.3 Å². The fourth-order valence-electron chi connectivity index (χ4n) is 2.82. The van der Waals surface area contributed by atoms with Gasteiger partial charge in [-0.15, -0.1) is 0 Å². The van der Waals surface area contributed by atoms with Crippen molar-refractivity contribution in [2.45, 2.75) is 19.4 Å². The average Bonchev–Trinajstić information content (AvgIpc) is 3.08. The number of hydrogen-bond acceptors (Lipinski definition) is 3. The van der Waals surface area contributed by atoms with Crippen molar-refractivity contribution < 1.29 is 4.79 Å². The zero-order chi connectivity index (χ0) is 16.1. The zero-order valence-electron chi connectivity index (χ0n) is 13.1. The Kier molecular flexibility index (Phi) is 4.88. The molecule has 5 nitrogen and oxygen atoms in total. The molecule has 2 heterocycles. The van der Waals surface area contributed by atoms with Crippen LogP contribution in [-0.4, -0.2) is 35.0 Å². The molecule has 1 saturated heterocycles. The fourth-order valence-corrected chi connectivity index (χ4v) is 2.82. The number of amides is 1. The highest BCUT2D eigenvalue weighted by atomic mass is 16.2. The summed E-state index contributed by atoms with van der Waals surface area (Å²) in [5.41, 5.74) is 1.17. The van der Waals surface area contributed by atoms with E-state index in [2.05, 4.69) is 10.2 Å². The minimum absolute atomic E-state index is 0.0690. The quantitative estimate of drug-likeness (QED) is 0.921.